The third-order valence-corrected chi connectivity index (χ3v) is 6.22. The number of nitrogens with zero attached hydrogens (tertiary/aromatic N) is 5. The summed E-state index contributed by atoms with van der Waals surface area (Å²) in [5.74, 6) is 3.86. The Morgan fingerprint density at radius 2 is 1.72 bits per heavy atom. The van der Waals surface area contributed by atoms with E-state index in [4.69, 9.17) is 0 Å². The Morgan fingerprint density at radius 3 is 2.40 bits per heavy atom. The Kier molecular flexibility index (Phi) is 5.06. The van der Waals surface area contributed by atoms with Crippen LogP contribution in [0, 0.1) is 5.92 Å². The molecule has 138 valence electrons. The second-order valence-electron chi connectivity index (χ2n) is 8.17. The average Bonchev–Trinajstić information content (AvgIpc) is 3.41. The van der Waals surface area contributed by atoms with Crippen molar-refractivity contribution in [3.8, 4) is 0 Å². The summed E-state index contributed by atoms with van der Waals surface area (Å²) < 4.78 is 2.18. The molecule has 6 heteroatoms. The summed E-state index contributed by atoms with van der Waals surface area (Å²) in [6, 6.07) is 0. The molecule has 6 nitrogen and oxygen atoms in total. The predicted octanol–water partition coefficient (Wildman–Crippen LogP) is 2.31. The van der Waals surface area contributed by atoms with Gasteiger partial charge in [0.25, 0.3) is 0 Å². The molecule has 1 amide bonds. The molecule has 0 spiro atoms. The van der Waals surface area contributed by atoms with Crippen molar-refractivity contribution in [1.29, 1.82) is 0 Å². The maximum absolute atomic E-state index is 12.6. The van der Waals surface area contributed by atoms with Crippen molar-refractivity contribution in [2.24, 2.45) is 13.0 Å². The first-order valence-electron chi connectivity index (χ1n) is 10.1. The predicted molar refractivity (Wildman–Crippen MR) is 96.0 cm³/mol. The Hall–Kier alpha value is -1.43. The highest BCUT2D eigenvalue weighted by Gasteiger charge is 2.30. The van der Waals surface area contributed by atoms with E-state index in [-0.39, 0.29) is 0 Å². The van der Waals surface area contributed by atoms with Crippen LogP contribution >= 0.6 is 0 Å². The Balaban J connectivity index is 1.24. The van der Waals surface area contributed by atoms with Gasteiger partial charge in [0.2, 0.25) is 5.91 Å². The van der Waals surface area contributed by atoms with Gasteiger partial charge in [0.1, 0.15) is 11.6 Å². The summed E-state index contributed by atoms with van der Waals surface area (Å²) >= 11 is 0. The zero-order valence-corrected chi connectivity index (χ0v) is 15.5. The van der Waals surface area contributed by atoms with E-state index in [1.165, 1.54) is 44.9 Å². The van der Waals surface area contributed by atoms with Gasteiger partial charge in [-0.05, 0) is 31.6 Å². The molecule has 1 aromatic rings. The molecule has 1 saturated heterocycles. The zero-order chi connectivity index (χ0) is 17.2. The number of piperazine rings is 1. The fourth-order valence-corrected chi connectivity index (χ4v) is 4.33. The minimum Gasteiger partial charge on any atom is -0.340 e. The van der Waals surface area contributed by atoms with Crippen LogP contribution in [-0.4, -0.2) is 56.7 Å². The molecular weight excluding hydrogens is 314 g/mol. The maximum atomic E-state index is 12.6. The van der Waals surface area contributed by atoms with Crippen molar-refractivity contribution < 1.29 is 4.79 Å². The van der Waals surface area contributed by atoms with Crippen LogP contribution < -0.4 is 0 Å². The average molecular weight is 345 g/mol. The molecule has 2 aliphatic carbocycles. The number of rotatable bonds is 5. The van der Waals surface area contributed by atoms with Crippen LogP contribution in [0.15, 0.2) is 0 Å². The Labute approximate surface area is 150 Å². The highest BCUT2D eigenvalue weighted by Crippen LogP contribution is 2.38. The van der Waals surface area contributed by atoms with Crippen molar-refractivity contribution in [2.75, 3.05) is 26.2 Å². The van der Waals surface area contributed by atoms with Crippen LogP contribution in [0.3, 0.4) is 0 Å². The molecule has 3 fully saturated rings. The third-order valence-electron chi connectivity index (χ3n) is 6.22. The maximum Gasteiger partial charge on any atom is 0.222 e. The van der Waals surface area contributed by atoms with Gasteiger partial charge in [-0.1, -0.05) is 19.3 Å². The molecule has 0 aromatic carbocycles. The number of aromatic nitrogens is 3. The van der Waals surface area contributed by atoms with Gasteiger partial charge in [0, 0.05) is 45.6 Å². The van der Waals surface area contributed by atoms with Crippen LogP contribution in [0.2, 0.25) is 0 Å². The minimum atomic E-state index is 0.376. The van der Waals surface area contributed by atoms with E-state index in [1.807, 2.05) is 0 Å². The number of hydrogen-bond acceptors (Lipinski definition) is 4. The van der Waals surface area contributed by atoms with Gasteiger partial charge < -0.3 is 9.47 Å². The molecule has 0 unspecified atom stereocenters. The summed E-state index contributed by atoms with van der Waals surface area (Å²) in [6.07, 6.45) is 9.77. The van der Waals surface area contributed by atoms with E-state index in [0.29, 0.717) is 17.7 Å². The summed E-state index contributed by atoms with van der Waals surface area (Å²) in [5, 5.41) is 8.77. The SMILES string of the molecule is Cn1c(CN2CCN(C(=O)CC3CCCCC3)CC2)nnc1C1CC1. The van der Waals surface area contributed by atoms with Gasteiger partial charge in [-0.3, -0.25) is 9.69 Å². The van der Waals surface area contributed by atoms with Crippen molar-refractivity contribution in [3.63, 3.8) is 0 Å². The largest absolute Gasteiger partial charge is 0.340 e. The lowest BCUT2D eigenvalue weighted by atomic mass is 9.86. The quantitative estimate of drug-likeness (QED) is 0.822. The van der Waals surface area contributed by atoms with Gasteiger partial charge >= 0.3 is 0 Å². The van der Waals surface area contributed by atoms with Crippen LogP contribution in [0.25, 0.3) is 0 Å². The lowest BCUT2D eigenvalue weighted by molar-refractivity contribution is -0.134. The minimum absolute atomic E-state index is 0.376. The van der Waals surface area contributed by atoms with E-state index in [2.05, 4.69) is 31.6 Å². The highest BCUT2D eigenvalue weighted by atomic mass is 16.2. The molecule has 1 aromatic heterocycles. The van der Waals surface area contributed by atoms with Crippen LogP contribution in [0.4, 0.5) is 0 Å². The molecule has 4 rings (SSSR count). The smallest absolute Gasteiger partial charge is 0.222 e. The van der Waals surface area contributed by atoms with E-state index < -0.39 is 0 Å². The van der Waals surface area contributed by atoms with Gasteiger partial charge in [-0.2, -0.15) is 0 Å². The molecule has 0 atom stereocenters. The first-order chi connectivity index (χ1) is 12.2. The van der Waals surface area contributed by atoms with Crippen LogP contribution in [-0.2, 0) is 18.4 Å². The van der Waals surface area contributed by atoms with Crippen LogP contribution in [0.5, 0.6) is 0 Å². The highest BCUT2D eigenvalue weighted by molar-refractivity contribution is 5.76. The van der Waals surface area contributed by atoms with Gasteiger partial charge in [-0.25, -0.2) is 0 Å². The topological polar surface area (TPSA) is 54.3 Å². The fourth-order valence-electron chi connectivity index (χ4n) is 4.33. The van der Waals surface area contributed by atoms with E-state index >= 15 is 0 Å². The number of amides is 1. The van der Waals surface area contributed by atoms with Crippen molar-refractivity contribution in [2.45, 2.75) is 63.8 Å². The van der Waals surface area contributed by atoms with Crippen molar-refractivity contribution in [1.82, 2.24) is 24.6 Å². The molecule has 25 heavy (non-hydrogen) atoms. The molecule has 0 bridgehead atoms. The summed E-state index contributed by atoms with van der Waals surface area (Å²) in [7, 11) is 2.09. The molecule has 2 saturated carbocycles. The van der Waals surface area contributed by atoms with Gasteiger partial charge in [0.15, 0.2) is 0 Å². The molecular formula is C19H31N5O. The molecule has 1 aliphatic heterocycles. The lowest BCUT2D eigenvalue weighted by Crippen LogP contribution is -2.48. The lowest BCUT2D eigenvalue weighted by Gasteiger charge is -2.35. The number of hydrogen-bond donors (Lipinski definition) is 0. The Bertz CT molecular complexity index is 595. The second kappa shape index (κ2) is 7.44. The van der Waals surface area contributed by atoms with Crippen LogP contribution in [0.1, 0.15) is 68.9 Å². The summed E-state index contributed by atoms with van der Waals surface area (Å²) in [6.45, 7) is 4.46. The number of carbonyl (C=O) groups is 1. The Morgan fingerprint density at radius 1 is 1.00 bits per heavy atom. The second-order valence-corrected chi connectivity index (χ2v) is 8.17. The normalized spacial score (nSPS) is 23.2. The van der Waals surface area contributed by atoms with Gasteiger partial charge in [0.05, 0.1) is 6.54 Å². The van der Waals surface area contributed by atoms with Gasteiger partial charge in [-0.15, -0.1) is 10.2 Å². The molecule has 0 radical (unpaired) electrons. The summed E-state index contributed by atoms with van der Waals surface area (Å²) in [4.78, 5) is 17.0. The standard InChI is InChI=1S/C19H31N5O/c1-22-17(20-21-19(22)16-7-8-16)14-23-9-11-24(12-10-23)18(25)13-15-5-3-2-4-6-15/h15-16H,2-14H2,1H3. The molecule has 3 aliphatic rings. The third kappa shape index (κ3) is 4.05. The fraction of sp³-hybridized carbons (Fsp3) is 0.842. The monoisotopic (exact) mass is 345 g/mol. The summed E-state index contributed by atoms with van der Waals surface area (Å²) in [5.41, 5.74) is 0. The van der Waals surface area contributed by atoms with Crippen molar-refractivity contribution >= 4 is 5.91 Å². The van der Waals surface area contributed by atoms with E-state index in [0.717, 1.165) is 50.8 Å². The van der Waals surface area contributed by atoms with E-state index in [9.17, 15) is 4.79 Å². The van der Waals surface area contributed by atoms with E-state index in [1.54, 1.807) is 0 Å². The zero-order valence-electron chi connectivity index (χ0n) is 15.5. The first-order valence-corrected chi connectivity index (χ1v) is 10.1. The van der Waals surface area contributed by atoms with Crippen molar-refractivity contribution in [3.05, 3.63) is 11.6 Å². The molecule has 0 N–H and O–H groups in total. The number of carbonyl (C=O) groups excluding carboxylic acids is 1. The first kappa shape index (κ1) is 17.0. The molecule has 2 heterocycles.